The zero-order valence-corrected chi connectivity index (χ0v) is 20.7. The summed E-state index contributed by atoms with van der Waals surface area (Å²) >= 11 is 4.48. The Labute approximate surface area is 205 Å². The maximum atomic E-state index is 13.9. The van der Waals surface area contributed by atoms with Crippen molar-refractivity contribution in [1.29, 1.82) is 0 Å². The molecule has 0 radical (unpaired) electrons. The van der Waals surface area contributed by atoms with Crippen molar-refractivity contribution in [3.63, 3.8) is 0 Å². The van der Waals surface area contributed by atoms with Crippen LogP contribution in [0.25, 0.3) is 6.08 Å². The number of amides is 2. The summed E-state index contributed by atoms with van der Waals surface area (Å²) in [6, 6.07) is 9.87. The topological polar surface area (TPSA) is 55.8 Å². The third-order valence-electron chi connectivity index (χ3n) is 5.95. The number of benzene rings is 2. The zero-order valence-electron chi connectivity index (χ0n) is 18.3. The molecule has 2 aromatic rings. The van der Waals surface area contributed by atoms with Crippen LogP contribution in [0.4, 0.5) is 9.18 Å². The molecule has 2 fully saturated rings. The Bertz CT molecular complexity index is 1080. The lowest BCUT2D eigenvalue weighted by Gasteiger charge is -2.25. The first-order valence-corrected chi connectivity index (χ1v) is 12.6. The van der Waals surface area contributed by atoms with Gasteiger partial charge in [-0.2, -0.15) is 0 Å². The SMILES string of the molecule is COc1cc(/C=C2/SC(=O)N(CC3CCCCC3)C2=O)c(Br)cc1OCc1ccccc1F. The standard InChI is InChI=1S/C25H25BrFNO4S/c1-31-21-11-18(19(26)13-22(21)32-15-17-9-5-6-10-20(17)27)12-23-24(29)28(25(30)33-23)14-16-7-3-2-4-8-16/h5-6,9-13,16H,2-4,7-8,14-15H2,1H3/b23-12+. The highest BCUT2D eigenvalue weighted by atomic mass is 79.9. The van der Waals surface area contributed by atoms with Gasteiger partial charge < -0.3 is 9.47 Å². The summed E-state index contributed by atoms with van der Waals surface area (Å²) in [5, 5.41) is -0.218. The molecule has 1 aliphatic carbocycles. The Balaban J connectivity index is 1.51. The van der Waals surface area contributed by atoms with E-state index in [0.717, 1.165) is 37.4 Å². The monoisotopic (exact) mass is 533 g/mol. The second kappa shape index (κ2) is 10.7. The van der Waals surface area contributed by atoms with Gasteiger partial charge in [-0.05, 0) is 60.4 Å². The van der Waals surface area contributed by atoms with Crippen molar-refractivity contribution in [1.82, 2.24) is 4.90 Å². The molecule has 33 heavy (non-hydrogen) atoms. The van der Waals surface area contributed by atoms with Gasteiger partial charge in [0.15, 0.2) is 11.5 Å². The summed E-state index contributed by atoms with van der Waals surface area (Å²) in [5.74, 6) is 0.694. The summed E-state index contributed by atoms with van der Waals surface area (Å²) in [6.45, 7) is 0.546. The van der Waals surface area contributed by atoms with E-state index in [1.54, 1.807) is 36.4 Å². The number of methoxy groups -OCH3 is 1. The molecule has 2 aliphatic rings. The lowest BCUT2D eigenvalue weighted by molar-refractivity contribution is -0.123. The van der Waals surface area contributed by atoms with E-state index in [0.29, 0.717) is 44.5 Å². The molecule has 2 aromatic carbocycles. The molecule has 174 valence electrons. The van der Waals surface area contributed by atoms with Crippen LogP contribution in [0.3, 0.4) is 0 Å². The second-order valence-corrected chi connectivity index (χ2v) is 10.0. The number of halogens is 2. The lowest BCUT2D eigenvalue weighted by Crippen LogP contribution is -2.34. The molecule has 1 saturated carbocycles. The fourth-order valence-corrected chi connectivity index (χ4v) is 5.41. The maximum absolute atomic E-state index is 13.9. The van der Waals surface area contributed by atoms with Gasteiger partial charge in [-0.15, -0.1) is 0 Å². The third kappa shape index (κ3) is 5.61. The Morgan fingerprint density at radius 3 is 2.64 bits per heavy atom. The number of hydrogen-bond acceptors (Lipinski definition) is 5. The van der Waals surface area contributed by atoms with Crippen LogP contribution >= 0.6 is 27.7 Å². The summed E-state index contributed by atoms with van der Waals surface area (Å²) in [4.78, 5) is 27.2. The second-order valence-electron chi connectivity index (χ2n) is 8.20. The number of ether oxygens (including phenoxy) is 2. The maximum Gasteiger partial charge on any atom is 0.293 e. The fourth-order valence-electron chi connectivity index (χ4n) is 4.13. The van der Waals surface area contributed by atoms with E-state index in [1.807, 2.05) is 0 Å². The predicted octanol–water partition coefficient (Wildman–Crippen LogP) is 6.79. The number of carbonyl (C=O) groups is 2. The van der Waals surface area contributed by atoms with Crippen molar-refractivity contribution in [3.05, 3.63) is 62.7 Å². The molecule has 2 amide bonds. The molecule has 1 saturated heterocycles. The van der Waals surface area contributed by atoms with Crippen LogP contribution < -0.4 is 9.47 Å². The summed E-state index contributed by atoms with van der Waals surface area (Å²) < 4.78 is 25.8. The predicted molar refractivity (Wildman–Crippen MR) is 131 cm³/mol. The van der Waals surface area contributed by atoms with E-state index in [9.17, 15) is 14.0 Å². The van der Waals surface area contributed by atoms with E-state index in [-0.39, 0.29) is 23.6 Å². The van der Waals surface area contributed by atoms with Crippen LogP contribution in [0.1, 0.15) is 43.2 Å². The van der Waals surface area contributed by atoms with Gasteiger partial charge >= 0.3 is 0 Å². The van der Waals surface area contributed by atoms with E-state index in [1.165, 1.54) is 24.5 Å². The van der Waals surface area contributed by atoms with Crippen molar-refractivity contribution >= 4 is 44.9 Å². The van der Waals surface area contributed by atoms with Crippen LogP contribution in [0, 0.1) is 11.7 Å². The van der Waals surface area contributed by atoms with Crippen molar-refractivity contribution in [2.75, 3.05) is 13.7 Å². The van der Waals surface area contributed by atoms with E-state index >= 15 is 0 Å². The van der Waals surface area contributed by atoms with Crippen LogP contribution in [0.15, 0.2) is 45.8 Å². The zero-order chi connectivity index (χ0) is 23.4. The van der Waals surface area contributed by atoms with Crippen LogP contribution in [-0.2, 0) is 11.4 Å². The molecule has 1 aliphatic heterocycles. The third-order valence-corrected chi connectivity index (χ3v) is 7.54. The molecule has 8 heteroatoms. The minimum absolute atomic E-state index is 0.0505. The van der Waals surface area contributed by atoms with Crippen LogP contribution in [0.2, 0.25) is 0 Å². The highest BCUT2D eigenvalue weighted by molar-refractivity contribution is 9.10. The first-order valence-electron chi connectivity index (χ1n) is 11.0. The largest absolute Gasteiger partial charge is 0.493 e. The van der Waals surface area contributed by atoms with Gasteiger partial charge in [0.25, 0.3) is 11.1 Å². The van der Waals surface area contributed by atoms with E-state index in [2.05, 4.69) is 15.9 Å². The lowest BCUT2D eigenvalue weighted by atomic mass is 9.89. The number of thioether (sulfide) groups is 1. The molecule has 4 rings (SSSR count). The minimum atomic E-state index is -0.337. The summed E-state index contributed by atoms with van der Waals surface area (Å²) in [7, 11) is 1.51. The Morgan fingerprint density at radius 2 is 1.91 bits per heavy atom. The number of hydrogen-bond donors (Lipinski definition) is 0. The number of imide groups is 1. The molecule has 0 bridgehead atoms. The smallest absolute Gasteiger partial charge is 0.293 e. The Hall–Kier alpha value is -2.32. The first-order chi connectivity index (χ1) is 16.0. The summed E-state index contributed by atoms with van der Waals surface area (Å²) in [5.41, 5.74) is 1.12. The number of nitrogens with zero attached hydrogens (tertiary/aromatic N) is 1. The van der Waals surface area contributed by atoms with Gasteiger partial charge in [0.1, 0.15) is 12.4 Å². The minimum Gasteiger partial charge on any atom is -0.493 e. The summed E-state index contributed by atoms with van der Waals surface area (Å²) in [6.07, 6.45) is 7.38. The number of rotatable bonds is 7. The van der Waals surface area contributed by atoms with Crippen LogP contribution in [-0.4, -0.2) is 29.7 Å². The molecule has 0 aromatic heterocycles. The van der Waals surface area contributed by atoms with E-state index < -0.39 is 0 Å². The molecule has 1 heterocycles. The van der Waals surface area contributed by atoms with Crippen molar-refractivity contribution in [3.8, 4) is 11.5 Å². The van der Waals surface area contributed by atoms with Crippen molar-refractivity contribution in [2.45, 2.75) is 38.7 Å². The van der Waals surface area contributed by atoms with E-state index in [4.69, 9.17) is 9.47 Å². The normalized spacial score (nSPS) is 18.3. The quantitative estimate of drug-likeness (QED) is 0.366. The van der Waals surface area contributed by atoms with Gasteiger partial charge in [-0.3, -0.25) is 14.5 Å². The average Bonchev–Trinajstić information content (AvgIpc) is 3.08. The van der Waals surface area contributed by atoms with Gasteiger partial charge in [-0.25, -0.2) is 4.39 Å². The molecule has 0 atom stereocenters. The average molecular weight is 534 g/mol. The molecule has 0 unspecified atom stereocenters. The molecule has 0 N–H and O–H groups in total. The highest BCUT2D eigenvalue weighted by Gasteiger charge is 2.36. The van der Waals surface area contributed by atoms with Gasteiger partial charge in [-0.1, -0.05) is 53.4 Å². The van der Waals surface area contributed by atoms with Gasteiger partial charge in [0.05, 0.1) is 12.0 Å². The molecular formula is C25H25BrFNO4S. The van der Waals surface area contributed by atoms with Crippen molar-refractivity contribution < 1.29 is 23.5 Å². The first kappa shape index (κ1) is 23.8. The van der Waals surface area contributed by atoms with Crippen LogP contribution in [0.5, 0.6) is 11.5 Å². The van der Waals surface area contributed by atoms with Gasteiger partial charge in [0, 0.05) is 16.6 Å². The number of carbonyl (C=O) groups excluding carboxylic acids is 2. The molecule has 0 spiro atoms. The molecular weight excluding hydrogens is 509 g/mol. The fraction of sp³-hybridized carbons (Fsp3) is 0.360. The Morgan fingerprint density at radius 1 is 1.15 bits per heavy atom. The van der Waals surface area contributed by atoms with Crippen molar-refractivity contribution in [2.24, 2.45) is 5.92 Å². The van der Waals surface area contributed by atoms with Gasteiger partial charge in [0.2, 0.25) is 0 Å². The highest BCUT2D eigenvalue weighted by Crippen LogP contribution is 2.39. The Kier molecular flexibility index (Phi) is 7.75. The molecule has 5 nitrogen and oxygen atoms in total.